The number of likely N-dealkylation sites (tertiary alicyclic amines) is 2. The van der Waals surface area contributed by atoms with Gasteiger partial charge in [0.25, 0.3) is 0 Å². The number of aliphatic imine (C=N–C) groups is 1. The Kier molecular flexibility index (Phi) is 8.00. The molecule has 0 aromatic heterocycles. The number of hydrogen-bond donors (Lipinski definition) is 2. The number of guanidine groups is 1. The highest BCUT2D eigenvalue weighted by Crippen LogP contribution is 2.17. The van der Waals surface area contributed by atoms with Crippen molar-refractivity contribution in [1.82, 2.24) is 20.4 Å². The Bertz CT molecular complexity index is 445. The second-order valence-electron chi connectivity index (χ2n) is 7.80. The summed E-state index contributed by atoms with van der Waals surface area (Å²) in [5, 5.41) is 7.03. The zero-order chi connectivity index (χ0) is 18.2. The van der Waals surface area contributed by atoms with Crippen LogP contribution < -0.4 is 10.6 Å². The average Bonchev–Trinajstić information content (AvgIpc) is 3.27. The third-order valence-corrected chi connectivity index (χ3v) is 5.31. The smallest absolute Gasteiger partial charge is 0.222 e. The van der Waals surface area contributed by atoms with E-state index in [-0.39, 0.29) is 5.91 Å². The number of nitrogens with one attached hydrogen (secondary N) is 2. The van der Waals surface area contributed by atoms with Gasteiger partial charge in [0.2, 0.25) is 5.91 Å². The number of hydrogen-bond acceptors (Lipinski definition) is 3. The Labute approximate surface area is 153 Å². The van der Waals surface area contributed by atoms with E-state index >= 15 is 0 Å². The van der Waals surface area contributed by atoms with Crippen molar-refractivity contribution in [2.45, 2.75) is 65.0 Å². The Hall–Kier alpha value is -1.30. The summed E-state index contributed by atoms with van der Waals surface area (Å²) in [6.45, 7) is 11.5. The summed E-state index contributed by atoms with van der Waals surface area (Å²) in [6, 6.07) is 0.875. The van der Waals surface area contributed by atoms with Crippen LogP contribution in [0.3, 0.4) is 0 Å². The Morgan fingerprint density at radius 3 is 2.56 bits per heavy atom. The molecule has 144 valence electrons. The zero-order valence-corrected chi connectivity index (χ0v) is 16.6. The highest BCUT2D eigenvalue weighted by molar-refractivity contribution is 5.80. The van der Waals surface area contributed by atoms with Crippen molar-refractivity contribution in [2.75, 3.05) is 39.8 Å². The van der Waals surface area contributed by atoms with Crippen LogP contribution in [0.5, 0.6) is 0 Å². The molecular formula is C19H37N5O. The van der Waals surface area contributed by atoms with Crippen LogP contribution in [0.2, 0.25) is 0 Å². The summed E-state index contributed by atoms with van der Waals surface area (Å²) in [7, 11) is 1.83. The first kappa shape index (κ1) is 20.0. The van der Waals surface area contributed by atoms with Crippen LogP contribution >= 0.6 is 0 Å². The van der Waals surface area contributed by atoms with Crippen molar-refractivity contribution >= 4 is 11.9 Å². The molecule has 0 saturated carbocycles. The van der Waals surface area contributed by atoms with Gasteiger partial charge in [-0.3, -0.25) is 14.7 Å². The molecule has 2 heterocycles. The van der Waals surface area contributed by atoms with E-state index in [0.29, 0.717) is 24.4 Å². The lowest BCUT2D eigenvalue weighted by atomic mass is 10.0. The molecule has 0 aromatic rings. The third kappa shape index (κ3) is 6.17. The fourth-order valence-electron chi connectivity index (χ4n) is 3.94. The molecule has 0 aromatic carbocycles. The van der Waals surface area contributed by atoms with Crippen LogP contribution in [0.1, 0.15) is 52.9 Å². The van der Waals surface area contributed by atoms with Crippen LogP contribution in [0.4, 0.5) is 0 Å². The van der Waals surface area contributed by atoms with E-state index in [0.717, 1.165) is 32.0 Å². The Morgan fingerprint density at radius 2 is 1.96 bits per heavy atom. The lowest BCUT2D eigenvalue weighted by Crippen LogP contribution is -2.49. The first-order valence-corrected chi connectivity index (χ1v) is 10.0. The van der Waals surface area contributed by atoms with E-state index in [1.807, 2.05) is 18.9 Å². The summed E-state index contributed by atoms with van der Waals surface area (Å²) >= 11 is 0. The number of carbonyl (C=O) groups excluding carboxylic acids is 1. The van der Waals surface area contributed by atoms with Crippen LogP contribution in [0.25, 0.3) is 0 Å². The summed E-state index contributed by atoms with van der Waals surface area (Å²) in [5.74, 6) is 1.81. The maximum atomic E-state index is 11.8. The van der Waals surface area contributed by atoms with Crippen LogP contribution in [-0.2, 0) is 4.79 Å². The summed E-state index contributed by atoms with van der Waals surface area (Å²) in [5.41, 5.74) is 0. The zero-order valence-electron chi connectivity index (χ0n) is 16.6. The monoisotopic (exact) mass is 351 g/mol. The van der Waals surface area contributed by atoms with Crippen molar-refractivity contribution in [3.05, 3.63) is 0 Å². The van der Waals surface area contributed by atoms with E-state index < -0.39 is 0 Å². The SMILES string of the molecule is CCC(=O)N1CCC(NC(=NC)NCC(CC(C)C)N2CCCC2)C1. The molecule has 2 saturated heterocycles. The van der Waals surface area contributed by atoms with E-state index in [4.69, 9.17) is 0 Å². The maximum Gasteiger partial charge on any atom is 0.222 e. The van der Waals surface area contributed by atoms with Gasteiger partial charge in [-0.05, 0) is 44.7 Å². The largest absolute Gasteiger partial charge is 0.355 e. The molecule has 2 aliphatic heterocycles. The van der Waals surface area contributed by atoms with Crippen molar-refractivity contribution < 1.29 is 4.79 Å². The molecular weight excluding hydrogens is 314 g/mol. The first-order valence-electron chi connectivity index (χ1n) is 10.0. The number of amides is 1. The molecule has 0 radical (unpaired) electrons. The van der Waals surface area contributed by atoms with E-state index in [1.165, 1.54) is 32.4 Å². The minimum absolute atomic E-state index is 0.248. The van der Waals surface area contributed by atoms with Gasteiger partial charge in [0.05, 0.1) is 0 Å². The number of nitrogens with zero attached hydrogens (tertiary/aromatic N) is 3. The van der Waals surface area contributed by atoms with Gasteiger partial charge in [0.15, 0.2) is 5.96 Å². The van der Waals surface area contributed by atoms with E-state index in [2.05, 4.69) is 34.4 Å². The van der Waals surface area contributed by atoms with Crippen molar-refractivity contribution in [3.63, 3.8) is 0 Å². The molecule has 25 heavy (non-hydrogen) atoms. The fraction of sp³-hybridized carbons (Fsp3) is 0.895. The lowest BCUT2D eigenvalue weighted by Gasteiger charge is -2.30. The van der Waals surface area contributed by atoms with Crippen LogP contribution in [-0.4, -0.2) is 73.5 Å². The van der Waals surface area contributed by atoms with E-state index in [1.54, 1.807) is 0 Å². The lowest BCUT2D eigenvalue weighted by molar-refractivity contribution is -0.129. The standard InChI is InChI=1S/C19H37N5O/c1-5-18(25)24-11-8-16(14-24)22-19(20-4)21-13-17(12-15(2)3)23-9-6-7-10-23/h15-17H,5-14H2,1-4H3,(H2,20,21,22). The third-order valence-electron chi connectivity index (χ3n) is 5.31. The van der Waals surface area contributed by atoms with Gasteiger partial charge in [-0.15, -0.1) is 0 Å². The molecule has 2 unspecified atom stereocenters. The van der Waals surface area contributed by atoms with E-state index in [9.17, 15) is 4.79 Å². The molecule has 2 aliphatic rings. The summed E-state index contributed by atoms with van der Waals surface area (Å²) < 4.78 is 0. The van der Waals surface area contributed by atoms with Gasteiger partial charge >= 0.3 is 0 Å². The van der Waals surface area contributed by atoms with Gasteiger partial charge in [-0.1, -0.05) is 20.8 Å². The molecule has 1 amide bonds. The normalized spacial score (nSPS) is 23.3. The molecule has 2 fully saturated rings. The van der Waals surface area contributed by atoms with Crippen LogP contribution in [0, 0.1) is 5.92 Å². The van der Waals surface area contributed by atoms with Crippen molar-refractivity contribution in [1.29, 1.82) is 0 Å². The molecule has 0 spiro atoms. The van der Waals surface area contributed by atoms with Crippen molar-refractivity contribution in [2.24, 2.45) is 10.9 Å². The molecule has 6 heteroatoms. The highest BCUT2D eigenvalue weighted by atomic mass is 16.2. The van der Waals surface area contributed by atoms with Gasteiger partial charge in [0.1, 0.15) is 0 Å². The Balaban J connectivity index is 1.81. The highest BCUT2D eigenvalue weighted by Gasteiger charge is 2.27. The predicted octanol–water partition coefficient (Wildman–Crippen LogP) is 1.67. The van der Waals surface area contributed by atoms with Gasteiger partial charge in [0, 0.05) is 45.2 Å². The summed E-state index contributed by atoms with van der Waals surface area (Å²) in [4.78, 5) is 20.8. The van der Waals surface area contributed by atoms with Crippen LogP contribution in [0.15, 0.2) is 4.99 Å². The quantitative estimate of drug-likeness (QED) is 0.541. The molecule has 0 bridgehead atoms. The van der Waals surface area contributed by atoms with Gasteiger partial charge in [-0.25, -0.2) is 0 Å². The number of rotatable bonds is 7. The molecule has 2 rings (SSSR count). The average molecular weight is 352 g/mol. The topological polar surface area (TPSA) is 60.0 Å². The molecule has 2 N–H and O–H groups in total. The molecule has 6 nitrogen and oxygen atoms in total. The second-order valence-corrected chi connectivity index (χ2v) is 7.80. The minimum atomic E-state index is 0.248. The maximum absolute atomic E-state index is 11.8. The Morgan fingerprint density at radius 1 is 1.24 bits per heavy atom. The molecule has 0 aliphatic carbocycles. The number of carbonyl (C=O) groups is 1. The van der Waals surface area contributed by atoms with Crippen molar-refractivity contribution in [3.8, 4) is 0 Å². The fourth-order valence-corrected chi connectivity index (χ4v) is 3.94. The predicted molar refractivity (Wildman–Crippen MR) is 104 cm³/mol. The molecule has 2 atom stereocenters. The summed E-state index contributed by atoms with van der Waals surface area (Å²) in [6.07, 6.45) is 5.45. The first-order chi connectivity index (χ1) is 12.0. The van der Waals surface area contributed by atoms with Gasteiger partial charge in [-0.2, -0.15) is 0 Å². The minimum Gasteiger partial charge on any atom is -0.355 e. The van der Waals surface area contributed by atoms with Gasteiger partial charge < -0.3 is 15.5 Å². The second kappa shape index (κ2) is 10.00.